The number of hydrogen-bond donors (Lipinski definition) is 2. The molecule has 0 aliphatic carbocycles. The van der Waals surface area contributed by atoms with Crippen LogP contribution in [0, 0.1) is 0 Å². The van der Waals surface area contributed by atoms with Crippen LogP contribution in [0.1, 0.15) is 25.0 Å². The van der Waals surface area contributed by atoms with Gasteiger partial charge in [0.05, 0.1) is 6.61 Å². The molecular weight excluding hydrogens is 264 g/mol. The van der Waals surface area contributed by atoms with Crippen molar-refractivity contribution in [3.05, 3.63) is 46.4 Å². The number of nitrogens with one attached hydrogen (secondary N) is 1. The third kappa shape index (κ3) is 3.17. The van der Waals surface area contributed by atoms with E-state index in [2.05, 4.69) is 16.0 Å². The highest BCUT2D eigenvalue weighted by molar-refractivity contribution is 5.81. The standard InChI is InChI=1S/C17H22N2O2/c20-12-15-7-4-10-19(15)9-3-6-14-11-13-5-1-2-8-16(13)17(21)18-14/h1-2,5,8,11,15,20H,3-4,6-7,9-10,12H2,(H,18,21)/t15-/m1/s1. The highest BCUT2D eigenvalue weighted by Crippen LogP contribution is 2.17. The Morgan fingerprint density at radius 1 is 1.33 bits per heavy atom. The predicted molar refractivity (Wildman–Crippen MR) is 84.6 cm³/mol. The Kier molecular flexibility index (Phi) is 4.36. The number of rotatable bonds is 5. The molecule has 4 nitrogen and oxygen atoms in total. The van der Waals surface area contributed by atoms with E-state index in [1.807, 2.05) is 24.3 Å². The van der Waals surface area contributed by atoms with Gasteiger partial charge in [0.15, 0.2) is 0 Å². The number of benzene rings is 1. The molecule has 0 bridgehead atoms. The van der Waals surface area contributed by atoms with Gasteiger partial charge in [0, 0.05) is 17.1 Å². The molecule has 1 aliphatic rings. The maximum atomic E-state index is 12.0. The van der Waals surface area contributed by atoms with Crippen LogP contribution in [0.4, 0.5) is 0 Å². The van der Waals surface area contributed by atoms with E-state index in [1.165, 1.54) is 6.42 Å². The number of pyridine rings is 1. The summed E-state index contributed by atoms with van der Waals surface area (Å²) in [4.78, 5) is 17.4. The first-order chi connectivity index (χ1) is 10.3. The summed E-state index contributed by atoms with van der Waals surface area (Å²) >= 11 is 0. The lowest BCUT2D eigenvalue weighted by Crippen LogP contribution is -2.33. The number of aliphatic hydroxyl groups is 1. The lowest BCUT2D eigenvalue weighted by Gasteiger charge is -2.22. The molecule has 4 heteroatoms. The molecule has 21 heavy (non-hydrogen) atoms. The number of likely N-dealkylation sites (tertiary alicyclic amines) is 1. The molecule has 0 unspecified atom stereocenters. The Bertz CT molecular complexity index is 665. The maximum Gasteiger partial charge on any atom is 0.256 e. The molecule has 0 amide bonds. The highest BCUT2D eigenvalue weighted by Gasteiger charge is 2.22. The minimum absolute atomic E-state index is 0.00231. The van der Waals surface area contributed by atoms with Crippen LogP contribution in [-0.4, -0.2) is 40.7 Å². The molecule has 0 spiro atoms. The van der Waals surface area contributed by atoms with E-state index in [1.54, 1.807) is 0 Å². The first-order valence-corrected chi connectivity index (χ1v) is 7.74. The highest BCUT2D eigenvalue weighted by atomic mass is 16.3. The third-order valence-corrected chi connectivity index (χ3v) is 4.41. The Balaban J connectivity index is 1.64. The van der Waals surface area contributed by atoms with Crippen molar-refractivity contribution in [2.75, 3.05) is 19.7 Å². The summed E-state index contributed by atoms with van der Waals surface area (Å²) in [5, 5.41) is 11.1. The van der Waals surface area contributed by atoms with Crippen LogP contribution in [0.2, 0.25) is 0 Å². The van der Waals surface area contributed by atoms with Crippen LogP contribution in [0.15, 0.2) is 35.1 Å². The van der Waals surface area contributed by atoms with E-state index in [-0.39, 0.29) is 12.2 Å². The van der Waals surface area contributed by atoms with Gasteiger partial charge >= 0.3 is 0 Å². The van der Waals surface area contributed by atoms with Crippen molar-refractivity contribution >= 4 is 10.8 Å². The molecular formula is C17H22N2O2. The monoisotopic (exact) mass is 286 g/mol. The van der Waals surface area contributed by atoms with Crippen LogP contribution < -0.4 is 5.56 Å². The Hall–Kier alpha value is -1.65. The number of aryl methyl sites for hydroxylation is 1. The quantitative estimate of drug-likeness (QED) is 0.883. The molecule has 1 atom stereocenters. The number of aromatic amines is 1. The summed E-state index contributed by atoms with van der Waals surface area (Å²) in [6.45, 7) is 2.33. The molecule has 3 rings (SSSR count). The smallest absolute Gasteiger partial charge is 0.256 e. The molecule has 1 aromatic carbocycles. The molecule has 0 saturated carbocycles. The van der Waals surface area contributed by atoms with Gasteiger partial charge in [0.2, 0.25) is 0 Å². The molecule has 2 aromatic rings. The average Bonchev–Trinajstić information content (AvgIpc) is 2.95. The number of fused-ring (bicyclic) bond motifs is 1. The lowest BCUT2D eigenvalue weighted by molar-refractivity contribution is 0.158. The summed E-state index contributed by atoms with van der Waals surface area (Å²) in [5.74, 6) is 0. The van der Waals surface area contributed by atoms with E-state index in [4.69, 9.17) is 0 Å². The van der Waals surface area contributed by atoms with Crippen molar-refractivity contribution in [2.45, 2.75) is 31.7 Å². The Morgan fingerprint density at radius 3 is 3.05 bits per heavy atom. The maximum absolute atomic E-state index is 12.0. The van der Waals surface area contributed by atoms with E-state index in [0.29, 0.717) is 6.04 Å². The zero-order chi connectivity index (χ0) is 14.7. The van der Waals surface area contributed by atoms with Gasteiger partial charge in [0.25, 0.3) is 5.56 Å². The first kappa shape index (κ1) is 14.3. The normalized spacial score (nSPS) is 19.4. The van der Waals surface area contributed by atoms with Gasteiger partial charge in [-0.3, -0.25) is 9.69 Å². The van der Waals surface area contributed by atoms with Crippen molar-refractivity contribution in [3.8, 4) is 0 Å². The van der Waals surface area contributed by atoms with Gasteiger partial charge in [0.1, 0.15) is 0 Å². The fourth-order valence-corrected chi connectivity index (χ4v) is 3.27. The number of H-pyrrole nitrogens is 1. The number of hydrogen-bond acceptors (Lipinski definition) is 3. The Morgan fingerprint density at radius 2 is 2.19 bits per heavy atom. The zero-order valence-electron chi connectivity index (χ0n) is 12.2. The van der Waals surface area contributed by atoms with E-state index < -0.39 is 0 Å². The van der Waals surface area contributed by atoms with Crippen LogP contribution in [0.3, 0.4) is 0 Å². The van der Waals surface area contributed by atoms with E-state index in [0.717, 1.165) is 48.8 Å². The summed E-state index contributed by atoms with van der Waals surface area (Å²) in [7, 11) is 0. The molecule has 1 aromatic heterocycles. The van der Waals surface area contributed by atoms with Gasteiger partial charge in [-0.25, -0.2) is 0 Å². The topological polar surface area (TPSA) is 56.3 Å². The van der Waals surface area contributed by atoms with Crippen molar-refractivity contribution in [3.63, 3.8) is 0 Å². The average molecular weight is 286 g/mol. The SMILES string of the molecule is O=c1[nH]c(CCCN2CCC[C@@H]2CO)cc2ccccc12. The molecule has 1 saturated heterocycles. The summed E-state index contributed by atoms with van der Waals surface area (Å²) in [6, 6.07) is 10.1. The van der Waals surface area contributed by atoms with Gasteiger partial charge in [-0.15, -0.1) is 0 Å². The second kappa shape index (κ2) is 6.41. The van der Waals surface area contributed by atoms with Gasteiger partial charge in [-0.2, -0.15) is 0 Å². The number of nitrogens with zero attached hydrogens (tertiary/aromatic N) is 1. The minimum Gasteiger partial charge on any atom is -0.395 e. The van der Waals surface area contributed by atoms with Crippen LogP contribution in [0.25, 0.3) is 10.8 Å². The molecule has 1 fully saturated rings. The van der Waals surface area contributed by atoms with Gasteiger partial charge in [-0.05, 0) is 56.3 Å². The van der Waals surface area contributed by atoms with Crippen molar-refractivity contribution in [1.82, 2.24) is 9.88 Å². The summed E-state index contributed by atoms with van der Waals surface area (Å²) < 4.78 is 0. The van der Waals surface area contributed by atoms with E-state index >= 15 is 0 Å². The number of aliphatic hydroxyl groups excluding tert-OH is 1. The fraction of sp³-hybridized carbons (Fsp3) is 0.471. The van der Waals surface area contributed by atoms with Crippen molar-refractivity contribution in [1.29, 1.82) is 0 Å². The molecule has 2 heterocycles. The number of aromatic nitrogens is 1. The minimum atomic E-state index is -0.00231. The van der Waals surface area contributed by atoms with Crippen molar-refractivity contribution in [2.24, 2.45) is 0 Å². The third-order valence-electron chi connectivity index (χ3n) is 4.41. The molecule has 0 radical (unpaired) electrons. The molecule has 112 valence electrons. The second-order valence-corrected chi connectivity index (χ2v) is 5.83. The van der Waals surface area contributed by atoms with Crippen LogP contribution in [0.5, 0.6) is 0 Å². The fourth-order valence-electron chi connectivity index (χ4n) is 3.27. The molecule has 1 aliphatic heterocycles. The summed E-state index contributed by atoms with van der Waals surface area (Å²) in [6.07, 6.45) is 4.15. The Labute approximate surface area is 124 Å². The molecule has 2 N–H and O–H groups in total. The summed E-state index contributed by atoms with van der Waals surface area (Å²) in [5.41, 5.74) is 0.996. The zero-order valence-corrected chi connectivity index (χ0v) is 12.2. The van der Waals surface area contributed by atoms with Crippen LogP contribution in [-0.2, 0) is 6.42 Å². The van der Waals surface area contributed by atoms with Crippen molar-refractivity contribution < 1.29 is 5.11 Å². The lowest BCUT2D eigenvalue weighted by atomic mass is 10.1. The van der Waals surface area contributed by atoms with Crippen LogP contribution >= 0.6 is 0 Å². The second-order valence-electron chi connectivity index (χ2n) is 5.83. The first-order valence-electron chi connectivity index (χ1n) is 7.74. The van der Waals surface area contributed by atoms with Gasteiger partial charge in [-0.1, -0.05) is 18.2 Å². The predicted octanol–water partition coefficient (Wildman–Crippen LogP) is 1.92. The largest absolute Gasteiger partial charge is 0.395 e. The van der Waals surface area contributed by atoms with Gasteiger partial charge < -0.3 is 10.1 Å². The van der Waals surface area contributed by atoms with E-state index in [9.17, 15) is 9.90 Å².